The van der Waals surface area contributed by atoms with Crippen molar-refractivity contribution in [1.29, 1.82) is 0 Å². The summed E-state index contributed by atoms with van der Waals surface area (Å²) in [6.07, 6.45) is 3.06. The summed E-state index contributed by atoms with van der Waals surface area (Å²) in [5.41, 5.74) is 3.69. The van der Waals surface area contributed by atoms with Gasteiger partial charge in [0.2, 0.25) is 0 Å². The first kappa shape index (κ1) is 22.4. The monoisotopic (exact) mass is 459 g/mol. The van der Waals surface area contributed by atoms with E-state index in [1.54, 1.807) is 37.3 Å². The van der Waals surface area contributed by atoms with Gasteiger partial charge in [0.25, 0.3) is 0 Å². The average Bonchev–Trinajstić information content (AvgIpc) is 3.10. The summed E-state index contributed by atoms with van der Waals surface area (Å²) in [6, 6.07) is 22.0. The summed E-state index contributed by atoms with van der Waals surface area (Å²) in [5.74, 6) is -0.603. The Bertz CT molecular complexity index is 1340. The highest BCUT2D eigenvalue weighted by Crippen LogP contribution is 2.33. The molecule has 0 spiro atoms. The van der Waals surface area contributed by atoms with Gasteiger partial charge in [-0.15, -0.1) is 0 Å². The molecule has 0 N–H and O–H groups in total. The van der Waals surface area contributed by atoms with E-state index in [0.717, 1.165) is 22.5 Å². The number of rotatable bonds is 6. The standard InChI is InChI=1S/C27H22ClNO4/c1-3-32-27(31)26-18(2)29(21-12-10-20(28)11-13-21)24-15-14-22(17-23(24)26)33-25(30)16-9-19-7-5-4-6-8-19/h4-17H,3H2,1-2H3/b16-9-. The molecule has 5 nitrogen and oxygen atoms in total. The van der Waals surface area contributed by atoms with Crippen molar-refractivity contribution in [3.63, 3.8) is 0 Å². The molecule has 0 saturated carbocycles. The molecule has 0 aliphatic rings. The van der Waals surface area contributed by atoms with Crippen LogP contribution in [0.25, 0.3) is 22.7 Å². The van der Waals surface area contributed by atoms with Crippen molar-refractivity contribution < 1.29 is 19.1 Å². The van der Waals surface area contributed by atoms with Gasteiger partial charge in [0.15, 0.2) is 0 Å². The summed E-state index contributed by atoms with van der Waals surface area (Å²) in [5, 5.41) is 1.26. The van der Waals surface area contributed by atoms with Crippen LogP contribution in [0.1, 0.15) is 28.5 Å². The minimum atomic E-state index is -0.509. The second kappa shape index (κ2) is 9.76. The van der Waals surface area contributed by atoms with Crippen molar-refractivity contribution in [3.8, 4) is 11.4 Å². The maximum atomic E-state index is 12.8. The molecule has 3 aromatic carbocycles. The number of aromatic nitrogens is 1. The Morgan fingerprint density at radius 2 is 1.73 bits per heavy atom. The van der Waals surface area contributed by atoms with Gasteiger partial charge < -0.3 is 14.0 Å². The van der Waals surface area contributed by atoms with Crippen molar-refractivity contribution in [2.45, 2.75) is 13.8 Å². The molecule has 0 aliphatic heterocycles. The first-order chi connectivity index (χ1) is 16.0. The van der Waals surface area contributed by atoms with Gasteiger partial charge in [0.1, 0.15) is 5.75 Å². The van der Waals surface area contributed by atoms with Crippen LogP contribution in [0, 0.1) is 6.92 Å². The third kappa shape index (κ3) is 4.83. The number of fused-ring (bicyclic) bond motifs is 1. The largest absolute Gasteiger partial charge is 0.462 e. The van der Waals surface area contributed by atoms with Gasteiger partial charge in [-0.25, -0.2) is 9.59 Å². The lowest BCUT2D eigenvalue weighted by Crippen LogP contribution is -2.07. The van der Waals surface area contributed by atoms with Crippen molar-refractivity contribution in [1.82, 2.24) is 4.57 Å². The maximum Gasteiger partial charge on any atom is 0.340 e. The van der Waals surface area contributed by atoms with Crippen LogP contribution in [0.2, 0.25) is 5.02 Å². The van der Waals surface area contributed by atoms with Crippen LogP contribution in [-0.4, -0.2) is 23.1 Å². The predicted molar refractivity (Wildman–Crippen MR) is 130 cm³/mol. The lowest BCUT2D eigenvalue weighted by atomic mass is 10.1. The molecule has 0 saturated heterocycles. The topological polar surface area (TPSA) is 57.5 Å². The molecular weight excluding hydrogens is 438 g/mol. The van der Waals surface area contributed by atoms with Crippen LogP contribution in [0.15, 0.2) is 78.9 Å². The maximum absolute atomic E-state index is 12.8. The molecule has 0 unspecified atom stereocenters. The molecule has 6 heteroatoms. The van der Waals surface area contributed by atoms with E-state index in [4.69, 9.17) is 21.1 Å². The number of nitrogens with zero attached hydrogens (tertiary/aromatic N) is 1. The Hall–Kier alpha value is -3.83. The highest BCUT2D eigenvalue weighted by atomic mass is 35.5. The van der Waals surface area contributed by atoms with E-state index >= 15 is 0 Å². The Morgan fingerprint density at radius 1 is 1.00 bits per heavy atom. The number of ether oxygens (including phenoxy) is 2. The fraction of sp³-hybridized carbons (Fsp3) is 0.111. The fourth-order valence-corrected chi connectivity index (χ4v) is 3.85. The van der Waals surface area contributed by atoms with Crippen molar-refractivity contribution >= 4 is 40.5 Å². The van der Waals surface area contributed by atoms with E-state index in [-0.39, 0.29) is 6.61 Å². The van der Waals surface area contributed by atoms with E-state index in [0.29, 0.717) is 21.7 Å². The normalized spacial score (nSPS) is 11.1. The molecule has 4 rings (SSSR count). The molecule has 0 bridgehead atoms. The Balaban J connectivity index is 1.73. The molecule has 0 radical (unpaired) electrons. The minimum absolute atomic E-state index is 0.255. The zero-order chi connectivity index (χ0) is 23.4. The minimum Gasteiger partial charge on any atom is -0.462 e. The molecule has 33 heavy (non-hydrogen) atoms. The van der Waals surface area contributed by atoms with Gasteiger partial charge >= 0.3 is 11.9 Å². The average molecular weight is 460 g/mol. The highest BCUT2D eigenvalue weighted by Gasteiger charge is 2.22. The van der Waals surface area contributed by atoms with Gasteiger partial charge in [0, 0.05) is 27.9 Å². The Labute approximate surface area is 196 Å². The number of carbonyl (C=O) groups is 2. The molecule has 4 aromatic rings. The van der Waals surface area contributed by atoms with Crippen LogP contribution in [0.4, 0.5) is 0 Å². The highest BCUT2D eigenvalue weighted by molar-refractivity contribution is 6.30. The SMILES string of the molecule is CCOC(=O)c1c(C)n(-c2ccc(Cl)cc2)c2ccc(OC(=O)/C=C\c3ccccc3)cc12. The summed E-state index contributed by atoms with van der Waals surface area (Å²) in [7, 11) is 0. The molecule has 1 aromatic heterocycles. The number of esters is 2. The number of hydrogen-bond acceptors (Lipinski definition) is 4. The summed E-state index contributed by atoms with van der Waals surface area (Å²) in [4.78, 5) is 25.1. The summed E-state index contributed by atoms with van der Waals surface area (Å²) >= 11 is 6.05. The fourth-order valence-electron chi connectivity index (χ4n) is 3.72. The van der Waals surface area contributed by atoms with Crippen molar-refractivity contribution in [3.05, 3.63) is 101 Å². The first-order valence-corrected chi connectivity index (χ1v) is 10.9. The second-order valence-corrected chi connectivity index (χ2v) is 7.77. The van der Waals surface area contributed by atoms with E-state index in [1.165, 1.54) is 6.08 Å². The summed E-state index contributed by atoms with van der Waals surface area (Å²) in [6.45, 7) is 3.87. The lowest BCUT2D eigenvalue weighted by molar-refractivity contribution is -0.128. The van der Waals surface area contributed by atoms with Crippen LogP contribution in [-0.2, 0) is 9.53 Å². The molecular formula is C27H22ClNO4. The third-order valence-corrected chi connectivity index (χ3v) is 5.42. The zero-order valence-corrected chi connectivity index (χ0v) is 19.0. The van der Waals surface area contributed by atoms with E-state index < -0.39 is 11.9 Å². The number of benzene rings is 3. The number of halogens is 1. The van der Waals surface area contributed by atoms with Gasteiger partial charge in [-0.05, 0) is 68.0 Å². The van der Waals surface area contributed by atoms with Gasteiger partial charge in [-0.3, -0.25) is 0 Å². The first-order valence-electron chi connectivity index (χ1n) is 10.5. The van der Waals surface area contributed by atoms with Gasteiger partial charge in [-0.1, -0.05) is 41.9 Å². The van der Waals surface area contributed by atoms with E-state index in [1.807, 2.05) is 60.0 Å². The van der Waals surface area contributed by atoms with Crippen LogP contribution in [0.5, 0.6) is 5.75 Å². The van der Waals surface area contributed by atoms with Crippen LogP contribution in [0.3, 0.4) is 0 Å². The van der Waals surface area contributed by atoms with Crippen LogP contribution >= 0.6 is 11.6 Å². The smallest absolute Gasteiger partial charge is 0.340 e. The van der Waals surface area contributed by atoms with Crippen molar-refractivity contribution in [2.24, 2.45) is 0 Å². The predicted octanol–water partition coefficient (Wildman–Crippen LogP) is 6.39. The van der Waals surface area contributed by atoms with Gasteiger partial charge in [-0.2, -0.15) is 0 Å². The lowest BCUT2D eigenvalue weighted by Gasteiger charge is -2.09. The number of carbonyl (C=O) groups excluding carboxylic acids is 2. The molecule has 0 fully saturated rings. The molecule has 0 aliphatic carbocycles. The van der Waals surface area contributed by atoms with Crippen molar-refractivity contribution in [2.75, 3.05) is 6.61 Å². The second-order valence-electron chi connectivity index (χ2n) is 7.34. The molecule has 0 atom stereocenters. The van der Waals surface area contributed by atoms with Gasteiger partial charge in [0.05, 0.1) is 17.7 Å². The van der Waals surface area contributed by atoms with E-state index in [9.17, 15) is 9.59 Å². The van der Waals surface area contributed by atoms with Crippen LogP contribution < -0.4 is 4.74 Å². The third-order valence-electron chi connectivity index (χ3n) is 5.17. The zero-order valence-electron chi connectivity index (χ0n) is 18.2. The Morgan fingerprint density at radius 3 is 2.42 bits per heavy atom. The molecule has 166 valence electrons. The van der Waals surface area contributed by atoms with E-state index in [2.05, 4.69) is 0 Å². The quantitative estimate of drug-likeness (QED) is 0.190. The summed E-state index contributed by atoms with van der Waals surface area (Å²) < 4.78 is 12.8. The Kier molecular flexibility index (Phi) is 6.61. The molecule has 0 amide bonds. The molecule has 1 heterocycles. The number of hydrogen-bond donors (Lipinski definition) is 0.